The summed E-state index contributed by atoms with van der Waals surface area (Å²) in [6.07, 6.45) is 6.54. The minimum atomic E-state index is -0.719. The zero-order valence-electron chi connectivity index (χ0n) is 22.6. The molecular formula is C29H44N2O5. The van der Waals surface area contributed by atoms with Crippen molar-refractivity contribution in [2.75, 3.05) is 19.6 Å². The lowest BCUT2D eigenvalue weighted by Crippen LogP contribution is -2.63. The molecule has 0 aromatic rings. The summed E-state index contributed by atoms with van der Waals surface area (Å²) in [6.45, 7) is 13.1. The van der Waals surface area contributed by atoms with Gasteiger partial charge in [-0.2, -0.15) is 0 Å². The Hall–Kier alpha value is -1.73. The van der Waals surface area contributed by atoms with E-state index in [4.69, 9.17) is 4.74 Å². The molecule has 0 radical (unpaired) electrons. The molecule has 36 heavy (non-hydrogen) atoms. The van der Waals surface area contributed by atoms with Crippen LogP contribution in [0.25, 0.3) is 0 Å². The number of hydrogen-bond acceptors (Lipinski definition) is 6. The summed E-state index contributed by atoms with van der Waals surface area (Å²) in [5.41, 5.74) is -1.49. The van der Waals surface area contributed by atoms with Gasteiger partial charge in [0.1, 0.15) is 11.9 Å². The van der Waals surface area contributed by atoms with Crippen LogP contribution in [0.4, 0.5) is 4.79 Å². The maximum absolute atomic E-state index is 13.5. The van der Waals surface area contributed by atoms with Gasteiger partial charge in [0.15, 0.2) is 0 Å². The van der Waals surface area contributed by atoms with E-state index in [2.05, 4.69) is 31.0 Å². The quantitative estimate of drug-likeness (QED) is 0.570. The number of nitrogens with zero attached hydrogens (tertiary/aromatic N) is 1. The number of ketones is 1. The summed E-state index contributed by atoms with van der Waals surface area (Å²) >= 11 is 0. The van der Waals surface area contributed by atoms with Gasteiger partial charge in [-0.1, -0.05) is 39.8 Å². The molecule has 0 spiro atoms. The lowest BCUT2D eigenvalue weighted by Gasteiger charge is -2.61. The molecule has 4 bridgehead atoms. The fourth-order valence-electron chi connectivity index (χ4n) is 9.28. The highest BCUT2D eigenvalue weighted by atomic mass is 16.6. The summed E-state index contributed by atoms with van der Waals surface area (Å²) < 4.78 is 6.19. The highest BCUT2D eigenvalue weighted by molar-refractivity contribution is 5.93. The maximum atomic E-state index is 13.5. The van der Waals surface area contributed by atoms with E-state index >= 15 is 0 Å². The molecule has 0 aromatic carbocycles. The third kappa shape index (κ3) is 3.71. The Kier molecular flexibility index (Phi) is 6.43. The van der Waals surface area contributed by atoms with E-state index in [0.29, 0.717) is 25.3 Å². The third-order valence-corrected chi connectivity index (χ3v) is 11.5. The number of imide groups is 1. The Bertz CT molecular complexity index is 965. The standard InChI is InChI=1S/C29H44N2O5/c1-6-10-27(4)14-22(36-26(35)30-25(34)20-16-31-13-9-19(20)15-31)28(5)17(2)7-11-29(18(3)24(27)33)12-8-21(32)23(28)29/h6,10,17-20,22-24,33H,7-9,11-16H2,1-5H3,(H,30,34,35)/b10-6-/t17-,18+,19-,20?,22-,23?,24+,27-,28+,29+/m1/s1. The van der Waals surface area contributed by atoms with Crippen LogP contribution in [0.1, 0.15) is 73.1 Å². The Labute approximate surface area is 215 Å². The maximum Gasteiger partial charge on any atom is 0.414 e. The zero-order chi connectivity index (χ0) is 26.0. The Morgan fingerprint density at radius 1 is 1.17 bits per heavy atom. The van der Waals surface area contributed by atoms with Crippen LogP contribution in [-0.4, -0.2) is 59.6 Å². The summed E-state index contributed by atoms with van der Waals surface area (Å²) in [4.78, 5) is 42.0. The average molecular weight is 501 g/mol. The third-order valence-electron chi connectivity index (χ3n) is 11.5. The number of hydrogen-bond donors (Lipinski definition) is 2. The van der Waals surface area contributed by atoms with Crippen LogP contribution in [0.3, 0.4) is 0 Å². The number of aliphatic hydroxyl groups excluding tert-OH is 1. The molecule has 3 aliphatic carbocycles. The van der Waals surface area contributed by atoms with E-state index in [-0.39, 0.29) is 40.8 Å². The highest BCUT2D eigenvalue weighted by Crippen LogP contribution is 2.68. The van der Waals surface area contributed by atoms with Crippen LogP contribution in [0, 0.1) is 45.8 Å². The minimum Gasteiger partial charge on any atom is -0.445 e. The van der Waals surface area contributed by atoms with Gasteiger partial charge in [-0.3, -0.25) is 14.9 Å². The summed E-state index contributed by atoms with van der Waals surface area (Å²) in [5.74, 6) is -0.0300. The number of Topliss-reactive ketones (excluding diaryl/α,β-unsaturated/α-hetero) is 1. The van der Waals surface area contributed by atoms with Gasteiger partial charge >= 0.3 is 6.09 Å². The zero-order valence-corrected chi connectivity index (χ0v) is 22.6. The van der Waals surface area contributed by atoms with Crippen LogP contribution in [0.15, 0.2) is 12.2 Å². The van der Waals surface area contributed by atoms with Crippen molar-refractivity contribution in [2.24, 2.45) is 45.8 Å². The van der Waals surface area contributed by atoms with Gasteiger partial charge in [0.2, 0.25) is 5.91 Å². The molecule has 2 amide bonds. The minimum absolute atomic E-state index is 0.0499. The van der Waals surface area contributed by atoms with E-state index in [1.165, 1.54) is 0 Å². The number of nitrogens with one attached hydrogen (secondary N) is 1. The first-order valence-electron chi connectivity index (χ1n) is 14.0. The molecule has 2 N–H and O–H groups in total. The molecule has 7 heteroatoms. The van der Waals surface area contributed by atoms with Gasteiger partial charge in [-0.05, 0) is 68.7 Å². The van der Waals surface area contributed by atoms with Crippen molar-refractivity contribution in [1.29, 1.82) is 0 Å². The molecule has 5 rings (SSSR count). The normalized spacial score (nSPS) is 50.0. The number of aliphatic hydroxyl groups is 1. The summed E-state index contributed by atoms with van der Waals surface area (Å²) in [6, 6.07) is 0. The van der Waals surface area contributed by atoms with E-state index in [1.807, 2.05) is 26.0 Å². The fourth-order valence-corrected chi connectivity index (χ4v) is 9.28. The number of allylic oxidation sites excluding steroid dienone is 1. The number of rotatable bonds is 3. The van der Waals surface area contributed by atoms with Gasteiger partial charge in [0, 0.05) is 36.3 Å². The van der Waals surface area contributed by atoms with Crippen LogP contribution < -0.4 is 5.32 Å². The Morgan fingerprint density at radius 3 is 2.56 bits per heavy atom. The molecule has 5 aliphatic rings. The van der Waals surface area contributed by atoms with Crippen molar-refractivity contribution < 1.29 is 24.2 Å². The van der Waals surface area contributed by atoms with Crippen molar-refractivity contribution in [2.45, 2.75) is 85.4 Å². The second-order valence-corrected chi connectivity index (χ2v) is 13.2. The van der Waals surface area contributed by atoms with Gasteiger partial charge in [0.25, 0.3) is 0 Å². The lowest BCUT2D eigenvalue weighted by atomic mass is 9.44. The Morgan fingerprint density at radius 2 is 1.92 bits per heavy atom. The molecule has 200 valence electrons. The van der Waals surface area contributed by atoms with Gasteiger partial charge < -0.3 is 14.7 Å². The summed E-state index contributed by atoms with van der Waals surface area (Å²) in [5, 5.41) is 14.3. The van der Waals surface area contributed by atoms with E-state index < -0.39 is 29.1 Å². The highest BCUT2D eigenvalue weighted by Gasteiger charge is 2.68. The number of alkyl carbamates (subject to hydrolysis) is 1. The molecule has 7 nitrogen and oxygen atoms in total. The molecule has 0 aromatic heterocycles. The van der Waals surface area contributed by atoms with Crippen LogP contribution >= 0.6 is 0 Å². The lowest BCUT2D eigenvalue weighted by molar-refractivity contribution is -0.191. The average Bonchev–Trinajstić information content (AvgIpc) is 3.55. The molecule has 2 aliphatic heterocycles. The molecule has 5 fully saturated rings. The SMILES string of the molecule is C/C=C\[C@]1(C)C[C@@H](OC(=O)NC(=O)C2CN3CC[C@@H]2C3)[C@@]2(C)C3C(=O)CC[C@@]3(CC[C@H]2C)[C@@H](C)[C@@H]1O. The monoisotopic (exact) mass is 500 g/mol. The van der Waals surface area contributed by atoms with E-state index in [1.54, 1.807) is 0 Å². The number of amides is 2. The number of ether oxygens (including phenoxy) is 1. The van der Waals surface area contributed by atoms with Crippen LogP contribution in [-0.2, 0) is 14.3 Å². The van der Waals surface area contributed by atoms with E-state index in [0.717, 1.165) is 38.8 Å². The van der Waals surface area contributed by atoms with Crippen molar-refractivity contribution >= 4 is 17.8 Å². The molecule has 2 heterocycles. The molecule has 3 saturated carbocycles. The van der Waals surface area contributed by atoms with Gasteiger partial charge in [-0.15, -0.1) is 0 Å². The summed E-state index contributed by atoms with van der Waals surface area (Å²) in [7, 11) is 0. The Balaban J connectivity index is 1.47. The second kappa shape index (κ2) is 8.93. The molecule has 2 saturated heterocycles. The fraction of sp³-hybridized carbons (Fsp3) is 0.828. The van der Waals surface area contributed by atoms with E-state index in [9.17, 15) is 19.5 Å². The van der Waals surface area contributed by atoms with Crippen molar-refractivity contribution in [3.63, 3.8) is 0 Å². The van der Waals surface area contributed by atoms with Gasteiger partial charge in [-0.25, -0.2) is 4.79 Å². The molecule has 11 atom stereocenters. The number of fused-ring (bicyclic) bond motifs is 2. The van der Waals surface area contributed by atoms with Crippen molar-refractivity contribution in [3.05, 3.63) is 12.2 Å². The van der Waals surface area contributed by atoms with Crippen molar-refractivity contribution in [3.8, 4) is 0 Å². The number of carbonyl (C=O) groups is 3. The molecule has 3 unspecified atom stereocenters. The van der Waals surface area contributed by atoms with Crippen LogP contribution in [0.5, 0.6) is 0 Å². The largest absolute Gasteiger partial charge is 0.445 e. The predicted octanol–water partition coefficient (Wildman–Crippen LogP) is 3.94. The topological polar surface area (TPSA) is 95.9 Å². The van der Waals surface area contributed by atoms with Crippen molar-refractivity contribution in [1.82, 2.24) is 10.2 Å². The second-order valence-electron chi connectivity index (χ2n) is 13.2. The van der Waals surface area contributed by atoms with Crippen LogP contribution in [0.2, 0.25) is 0 Å². The first-order valence-corrected chi connectivity index (χ1v) is 14.0. The smallest absolute Gasteiger partial charge is 0.414 e. The first kappa shape index (κ1) is 25.9. The molecular weight excluding hydrogens is 456 g/mol. The number of carbonyl (C=O) groups excluding carboxylic acids is 3. The predicted molar refractivity (Wildman–Crippen MR) is 136 cm³/mol. The number of piperidine rings is 1. The van der Waals surface area contributed by atoms with Gasteiger partial charge in [0.05, 0.1) is 12.0 Å². The first-order chi connectivity index (χ1) is 17.0.